The molecule has 1 heterocycles. The van der Waals surface area contributed by atoms with Gasteiger partial charge >= 0.3 is 0 Å². The summed E-state index contributed by atoms with van der Waals surface area (Å²) in [7, 11) is 0. The predicted octanol–water partition coefficient (Wildman–Crippen LogP) is 3.06. The minimum Gasteiger partial charge on any atom is -0.348 e. The third-order valence-electron chi connectivity index (χ3n) is 2.47. The van der Waals surface area contributed by atoms with E-state index in [-0.39, 0.29) is 5.91 Å². The van der Waals surface area contributed by atoms with Gasteiger partial charge in [0.2, 0.25) is 5.91 Å². The summed E-state index contributed by atoms with van der Waals surface area (Å²) in [5.41, 5.74) is 1.86. The molecule has 1 aromatic carbocycles. The number of amides is 1. The Kier molecular flexibility index (Phi) is 4.70. The third kappa shape index (κ3) is 4.56. The van der Waals surface area contributed by atoms with E-state index in [1.165, 1.54) is 6.08 Å². The zero-order valence-corrected chi connectivity index (χ0v) is 11.0. The Labute approximate surface area is 116 Å². The fourth-order valence-corrected chi connectivity index (χ4v) is 1.75. The van der Waals surface area contributed by atoms with Crippen molar-refractivity contribution in [3.63, 3.8) is 0 Å². The Hall–Kier alpha value is -2.13. The summed E-state index contributed by atoms with van der Waals surface area (Å²) in [6.07, 6.45) is 6.60. The van der Waals surface area contributed by atoms with E-state index >= 15 is 0 Å². The summed E-state index contributed by atoms with van der Waals surface area (Å²) >= 11 is 5.87. The van der Waals surface area contributed by atoms with Gasteiger partial charge in [-0.25, -0.2) is 0 Å². The van der Waals surface area contributed by atoms with Crippen LogP contribution in [0.5, 0.6) is 0 Å². The summed E-state index contributed by atoms with van der Waals surface area (Å²) in [6.45, 7) is 0.455. The first-order valence-electron chi connectivity index (χ1n) is 5.84. The molecular weight excluding hydrogens is 260 g/mol. The highest BCUT2D eigenvalue weighted by molar-refractivity contribution is 6.30. The number of nitrogens with one attached hydrogen (secondary N) is 1. The van der Waals surface area contributed by atoms with E-state index in [1.807, 2.05) is 30.3 Å². The van der Waals surface area contributed by atoms with Gasteiger partial charge in [0.15, 0.2) is 0 Å². The highest BCUT2D eigenvalue weighted by Crippen LogP contribution is 2.10. The van der Waals surface area contributed by atoms with Crippen LogP contribution in [0.15, 0.2) is 54.9 Å². The van der Waals surface area contributed by atoms with Gasteiger partial charge in [-0.2, -0.15) is 0 Å². The Balaban J connectivity index is 1.87. The van der Waals surface area contributed by atoms with Crippen molar-refractivity contribution in [2.24, 2.45) is 0 Å². The molecule has 0 fully saturated rings. The van der Waals surface area contributed by atoms with Crippen LogP contribution in [-0.4, -0.2) is 10.9 Å². The average molecular weight is 273 g/mol. The molecule has 1 N–H and O–H groups in total. The Morgan fingerprint density at radius 3 is 2.95 bits per heavy atom. The molecule has 4 heteroatoms. The molecule has 0 radical (unpaired) electrons. The zero-order chi connectivity index (χ0) is 13.5. The highest BCUT2D eigenvalue weighted by Gasteiger charge is 1.97. The number of aromatic nitrogens is 1. The lowest BCUT2D eigenvalue weighted by Gasteiger charge is -2.02. The first-order chi connectivity index (χ1) is 9.24. The fourth-order valence-electron chi connectivity index (χ4n) is 1.54. The minimum atomic E-state index is -0.149. The van der Waals surface area contributed by atoms with Crippen molar-refractivity contribution in [3.05, 3.63) is 71.0 Å². The molecule has 0 unspecified atom stereocenters. The maximum absolute atomic E-state index is 11.6. The fraction of sp³-hybridized carbons (Fsp3) is 0.0667. The molecule has 3 nitrogen and oxygen atoms in total. The number of carbonyl (C=O) groups excluding carboxylic acids is 1. The largest absolute Gasteiger partial charge is 0.348 e. The normalized spacial score (nSPS) is 10.6. The second-order valence-electron chi connectivity index (χ2n) is 3.97. The van der Waals surface area contributed by atoms with Crippen LogP contribution in [0.1, 0.15) is 11.1 Å². The molecule has 0 saturated carbocycles. The van der Waals surface area contributed by atoms with Crippen LogP contribution in [0.25, 0.3) is 6.08 Å². The SMILES string of the molecule is O=C(/C=C\c1cccnc1)NCc1cccc(Cl)c1. The van der Waals surface area contributed by atoms with Gasteiger partial charge < -0.3 is 5.32 Å². The standard InChI is InChI=1S/C15H13ClN2O/c16-14-5-1-3-13(9-14)11-18-15(19)7-6-12-4-2-8-17-10-12/h1-10H,11H2,(H,18,19)/b7-6-. The van der Waals surface area contributed by atoms with Gasteiger partial charge in [0.1, 0.15) is 0 Å². The van der Waals surface area contributed by atoms with Crippen LogP contribution in [-0.2, 0) is 11.3 Å². The molecule has 0 aliphatic carbocycles. The molecule has 0 bridgehead atoms. The zero-order valence-electron chi connectivity index (χ0n) is 10.2. The van der Waals surface area contributed by atoms with Gasteiger partial charge in [-0.1, -0.05) is 29.8 Å². The lowest BCUT2D eigenvalue weighted by atomic mass is 10.2. The van der Waals surface area contributed by atoms with Gasteiger partial charge in [-0.3, -0.25) is 9.78 Å². The van der Waals surface area contributed by atoms with E-state index in [0.29, 0.717) is 11.6 Å². The molecule has 19 heavy (non-hydrogen) atoms. The highest BCUT2D eigenvalue weighted by atomic mass is 35.5. The first-order valence-corrected chi connectivity index (χ1v) is 6.22. The number of rotatable bonds is 4. The van der Waals surface area contributed by atoms with Crippen molar-refractivity contribution in [1.29, 1.82) is 0 Å². The number of nitrogens with zero attached hydrogens (tertiary/aromatic N) is 1. The quantitative estimate of drug-likeness (QED) is 0.869. The second kappa shape index (κ2) is 6.71. The number of halogens is 1. The van der Waals surface area contributed by atoms with Crippen LogP contribution in [0, 0.1) is 0 Å². The van der Waals surface area contributed by atoms with Crippen molar-refractivity contribution >= 4 is 23.6 Å². The maximum atomic E-state index is 11.6. The van der Waals surface area contributed by atoms with Crippen LogP contribution >= 0.6 is 11.6 Å². The number of pyridine rings is 1. The van der Waals surface area contributed by atoms with Crippen molar-refractivity contribution in [1.82, 2.24) is 10.3 Å². The molecule has 0 aliphatic heterocycles. The summed E-state index contributed by atoms with van der Waals surface area (Å²) in [6, 6.07) is 11.1. The van der Waals surface area contributed by atoms with Crippen molar-refractivity contribution < 1.29 is 4.79 Å². The lowest BCUT2D eigenvalue weighted by Crippen LogP contribution is -2.20. The van der Waals surface area contributed by atoms with E-state index in [0.717, 1.165) is 11.1 Å². The van der Waals surface area contributed by atoms with Crippen molar-refractivity contribution in [3.8, 4) is 0 Å². The monoisotopic (exact) mass is 272 g/mol. The summed E-state index contributed by atoms with van der Waals surface area (Å²) < 4.78 is 0. The van der Waals surface area contributed by atoms with Crippen LogP contribution in [0.2, 0.25) is 5.02 Å². The molecule has 0 atom stereocenters. The predicted molar refractivity (Wildman–Crippen MR) is 76.6 cm³/mol. The lowest BCUT2D eigenvalue weighted by molar-refractivity contribution is -0.116. The molecule has 96 valence electrons. The summed E-state index contributed by atoms with van der Waals surface area (Å²) in [5, 5.41) is 3.46. The van der Waals surface area contributed by atoms with E-state index in [4.69, 9.17) is 11.6 Å². The van der Waals surface area contributed by atoms with E-state index < -0.39 is 0 Å². The molecule has 2 rings (SSSR count). The molecular formula is C15H13ClN2O. The Morgan fingerprint density at radius 2 is 2.21 bits per heavy atom. The average Bonchev–Trinajstić information content (AvgIpc) is 2.44. The second-order valence-corrected chi connectivity index (χ2v) is 4.40. The summed E-state index contributed by atoms with van der Waals surface area (Å²) in [4.78, 5) is 15.6. The number of hydrogen-bond acceptors (Lipinski definition) is 2. The minimum absolute atomic E-state index is 0.149. The molecule has 0 saturated heterocycles. The number of benzene rings is 1. The topological polar surface area (TPSA) is 42.0 Å². The van der Waals surface area contributed by atoms with Crippen LogP contribution in [0.4, 0.5) is 0 Å². The Morgan fingerprint density at radius 1 is 1.32 bits per heavy atom. The van der Waals surface area contributed by atoms with Crippen LogP contribution < -0.4 is 5.32 Å². The number of hydrogen-bond donors (Lipinski definition) is 1. The van der Waals surface area contributed by atoms with Gasteiger partial charge in [0, 0.05) is 30.0 Å². The van der Waals surface area contributed by atoms with Gasteiger partial charge in [0.25, 0.3) is 0 Å². The van der Waals surface area contributed by atoms with Crippen molar-refractivity contribution in [2.75, 3.05) is 0 Å². The number of carbonyl (C=O) groups is 1. The van der Waals surface area contributed by atoms with E-state index in [9.17, 15) is 4.79 Å². The van der Waals surface area contributed by atoms with Crippen LogP contribution in [0.3, 0.4) is 0 Å². The van der Waals surface area contributed by atoms with E-state index in [1.54, 1.807) is 24.5 Å². The van der Waals surface area contributed by atoms with Gasteiger partial charge in [-0.05, 0) is 35.4 Å². The molecule has 0 spiro atoms. The third-order valence-corrected chi connectivity index (χ3v) is 2.70. The molecule has 1 amide bonds. The summed E-state index contributed by atoms with van der Waals surface area (Å²) in [5.74, 6) is -0.149. The van der Waals surface area contributed by atoms with Crippen molar-refractivity contribution in [2.45, 2.75) is 6.54 Å². The first kappa shape index (κ1) is 13.3. The maximum Gasteiger partial charge on any atom is 0.244 e. The van der Waals surface area contributed by atoms with E-state index in [2.05, 4.69) is 10.3 Å². The molecule has 1 aromatic heterocycles. The Bertz CT molecular complexity index is 582. The molecule has 0 aliphatic rings. The smallest absolute Gasteiger partial charge is 0.244 e. The van der Waals surface area contributed by atoms with Gasteiger partial charge in [0.05, 0.1) is 0 Å². The molecule has 2 aromatic rings. The van der Waals surface area contributed by atoms with Gasteiger partial charge in [-0.15, -0.1) is 0 Å².